The smallest absolute Gasteiger partial charge is 0.265 e. The van der Waals surface area contributed by atoms with Gasteiger partial charge in [-0.2, -0.15) is 0 Å². The van der Waals surface area contributed by atoms with E-state index >= 15 is 0 Å². The van der Waals surface area contributed by atoms with Crippen LogP contribution in [0.4, 0.5) is 15.8 Å². The third-order valence-corrected chi connectivity index (χ3v) is 3.97. The molecule has 0 aromatic heterocycles. The molecular formula is C19H19FN2O3. The van der Waals surface area contributed by atoms with E-state index in [0.29, 0.717) is 11.4 Å². The second-order valence-corrected chi connectivity index (χ2v) is 6.07. The van der Waals surface area contributed by atoms with Crippen LogP contribution in [0.1, 0.15) is 13.8 Å². The molecule has 2 aromatic rings. The van der Waals surface area contributed by atoms with Gasteiger partial charge in [0, 0.05) is 12.1 Å². The van der Waals surface area contributed by atoms with E-state index in [0.717, 1.165) is 0 Å². The number of para-hydroxylation sites is 2. The van der Waals surface area contributed by atoms with Crippen molar-refractivity contribution in [2.75, 3.05) is 23.0 Å². The molecule has 0 radical (unpaired) electrons. The fourth-order valence-electron chi connectivity index (χ4n) is 2.90. The van der Waals surface area contributed by atoms with Crippen molar-refractivity contribution in [3.8, 4) is 5.75 Å². The van der Waals surface area contributed by atoms with E-state index in [4.69, 9.17) is 4.74 Å². The monoisotopic (exact) mass is 342 g/mol. The molecule has 1 aliphatic heterocycles. The maximum absolute atomic E-state index is 13.2. The molecule has 0 bridgehead atoms. The van der Waals surface area contributed by atoms with Gasteiger partial charge in [0.05, 0.1) is 11.4 Å². The summed E-state index contributed by atoms with van der Waals surface area (Å²) in [5, 5.41) is 0. The number of benzene rings is 2. The van der Waals surface area contributed by atoms with E-state index in [1.165, 1.54) is 23.1 Å². The number of carbonyl (C=O) groups is 2. The Morgan fingerprint density at radius 2 is 1.88 bits per heavy atom. The van der Waals surface area contributed by atoms with E-state index in [-0.39, 0.29) is 36.8 Å². The molecule has 1 heterocycles. The summed E-state index contributed by atoms with van der Waals surface area (Å²) in [6, 6.07) is 12.9. The molecule has 0 saturated carbocycles. The van der Waals surface area contributed by atoms with Gasteiger partial charge in [0.2, 0.25) is 5.91 Å². The Balaban J connectivity index is 1.80. The number of hydrogen-bond donors (Lipinski definition) is 0. The highest BCUT2D eigenvalue weighted by atomic mass is 19.1. The third-order valence-electron chi connectivity index (χ3n) is 3.97. The van der Waals surface area contributed by atoms with Gasteiger partial charge in [0.25, 0.3) is 5.91 Å². The van der Waals surface area contributed by atoms with Crippen molar-refractivity contribution in [1.82, 2.24) is 0 Å². The van der Waals surface area contributed by atoms with Crippen LogP contribution in [0, 0.1) is 5.82 Å². The van der Waals surface area contributed by atoms with E-state index in [1.807, 2.05) is 32.0 Å². The van der Waals surface area contributed by atoms with Crippen molar-refractivity contribution in [3.05, 3.63) is 54.3 Å². The lowest BCUT2D eigenvalue weighted by molar-refractivity contribution is -0.124. The minimum Gasteiger partial charge on any atom is -0.484 e. The Labute approximate surface area is 145 Å². The first-order valence-electron chi connectivity index (χ1n) is 8.07. The standard InChI is InChI=1S/C19H19FN2O3/c1-13(2)22-17-9-4-3-8-16(17)21(11-18(22)23)19(24)12-25-15-7-5-6-14(20)10-15/h3-10,13H,11-12H2,1-2H3. The van der Waals surface area contributed by atoms with Gasteiger partial charge in [0.15, 0.2) is 6.61 Å². The molecule has 25 heavy (non-hydrogen) atoms. The van der Waals surface area contributed by atoms with Crippen molar-refractivity contribution in [3.63, 3.8) is 0 Å². The second kappa shape index (κ2) is 6.93. The lowest BCUT2D eigenvalue weighted by atomic mass is 10.1. The highest BCUT2D eigenvalue weighted by molar-refractivity contribution is 6.11. The molecule has 0 saturated heterocycles. The molecule has 0 unspecified atom stereocenters. The molecule has 2 aromatic carbocycles. The van der Waals surface area contributed by atoms with Crippen molar-refractivity contribution >= 4 is 23.2 Å². The first-order valence-corrected chi connectivity index (χ1v) is 8.07. The molecule has 1 aliphatic rings. The Morgan fingerprint density at radius 3 is 2.56 bits per heavy atom. The quantitative estimate of drug-likeness (QED) is 0.858. The Bertz CT molecular complexity index is 807. The van der Waals surface area contributed by atoms with Gasteiger partial charge in [0.1, 0.15) is 18.1 Å². The van der Waals surface area contributed by atoms with Crippen LogP contribution in [0.2, 0.25) is 0 Å². The zero-order valence-corrected chi connectivity index (χ0v) is 14.1. The fraction of sp³-hybridized carbons (Fsp3) is 0.263. The van der Waals surface area contributed by atoms with Gasteiger partial charge >= 0.3 is 0 Å². The predicted molar refractivity (Wildman–Crippen MR) is 93.3 cm³/mol. The number of rotatable bonds is 4. The number of carbonyl (C=O) groups excluding carboxylic acids is 2. The van der Waals surface area contributed by atoms with E-state index in [1.54, 1.807) is 17.0 Å². The average molecular weight is 342 g/mol. The summed E-state index contributed by atoms with van der Waals surface area (Å²) < 4.78 is 18.6. The van der Waals surface area contributed by atoms with Crippen LogP contribution < -0.4 is 14.5 Å². The maximum Gasteiger partial charge on any atom is 0.265 e. The van der Waals surface area contributed by atoms with Gasteiger partial charge in [-0.05, 0) is 38.1 Å². The summed E-state index contributed by atoms with van der Waals surface area (Å²) in [5.74, 6) is -0.661. The van der Waals surface area contributed by atoms with Crippen LogP contribution in [0.15, 0.2) is 48.5 Å². The van der Waals surface area contributed by atoms with Crippen LogP contribution in [0.5, 0.6) is 5.75 Å². The molecular weight excluding hydrogens is 323 g/mol. The largest absolute Gasteiger partial charge is 0.484 e. The first kappa shape index (κ1) is 17.0. The number of ether oxygens (including phenoxy) is 1. The first-order chi connectivity index (χ1) is 12.0. The fourth-order valence-corrected chi connectivity index (χ4v) is 2.90. The summed E-state index contributed by atoms with van der Waals surface area (Å²) in [7, 11) is 0. The van der Waals surface area contributed by atoms with Gasteiger partial charge in [-0.1, -0.05) is 18.2 Å². The lowest BCUT2D eigenvalue weighted by Gasteiger charge is -2.38. The highest BCUT2D eigenvalue weighted by Crippen LogP contribution is 2.34. The molecule has 5 nitrogen and oxygen atoms in total. The van der Waals surface area contributed by atoms with Crippen LogP contribution in [0.3, 0.4) is 0 Å². The van der Waals surface area contributed by atoms with Crippen LogP contribution >= 0.6 is 0 Å². The summed E-state index contributed by atoms with van der Waals surface area (Å²) in [4.78, 5) is 28.2. The van der Waals surface area contributed by atoms with E-state index in [9.17, 15) is 14.0 Å². The molecule has 0 fully saturated rings. The van der Waals surface area contributed by atoms with E-state index in [2.05, 4.69) is 0 Å². The number of nitrogens with zero attached hydrogens (tertiary/aromatic N) is 2. The lowest BCUT2D eigenvalue weighted by Crippen LogP contribution is -2.51. The molecule has 0 atom stereocenters. The number of halogens is 1. The molecule has 2 amide bonds. The van der Waals surface area contributed by atoms with Crippen molar-refractivity contribution in [2.24, 2.45) is 0 Å². The zero-order valence-electron chi connectivity index (χ0n) is 14.1. The second-order valence-electron chi connectivity index (χ2n) is 6.07. The summed E-state index contributed by atoms with van der Waals surface area (Å²) in [5.41, 5.74) is 1.37. The zero-order chi connectivity index (χ0) is 18.0. The van der Waals surface area contributed by atoms with Crippen molar-refractivity contribution in [1.29, 1.82) is 0 Å². The van der Waals surface area contributed by atoms with Gasteiger partial charge in [-0.3, -0.25) is 14.5 Å². The summed E-state index contributed by atoms with van der Waals surface area (Å²) in [6.07, 6.45) is 0. The van der Waals surface area contributed by atoms with E-state index < -0.39 is 5.82 Å². The van der Waals surface area contributed by atoms with Gasteiger partial charge in [-0.15, -0.1) is 0 Å². The maximum atomic E-state index is 13.2. The molecule has 0 N–H and O–H groups in total. The topological polar surface area (TPSA) is 49.9 Å². The molecule has 130 valence electrons. The number of hydrogen-bond acceptors (Lipinski definition) is 3. The number of fused-ring (bicyclic) bond motifs is 1. The summed E-state index contributed by atoms with van der Waals surface area (Å²) >= 11 is 0. The summed E-state index contributed by atoms with van der Waals surface area (Å²) in [6.45, 7) is 3.55. The molecule has 3 rings (SSSR count). The Kier molecular flexibility index (Phi) is 4.70. The minimum absolute atomic E-state index is 0.00514. The number of amides is 2. The Hall–Kier alpha value is -2.89. The number of anilines is 2. The average Bonchev–Trinajstić information content (AvgIpc) is 2.58. The van der Waals surface area contributed by atoms with Crippen LogP contribution in [-0.4, -0.2) is 31.0 Å². The Morgan fingerprint density at radius 1 is 1.16 bits per heavy atom. The van der Waals surface area contributed by atoms with Crippen LogP contribution in [0.25, 0.3) is 0 Å². The highest BCUT2D eigenvalue weighted by Gasteiger charge is 2.33. The molecule has 6 heteroatoms. The molecule has 0 spiro atoms. The normalized spacial score (nSPS) is 13.8. The van der Waals surface area contributed by atoms with Gasteiger partial charge in [-0.25, -0.2) is 4.39 Å². The third kappa shape index (κ3) is 3.47. The van der Waals surface area contributed by atoms with Crippen molar-refractivity contribution < 1.29 is 18.7 Å². The predicted octanol–water partition coefficient (Wildman–Crippen LogP) is 2.99. The van der Waals surface area contributed by atoms with Crippen LogP contribution in [-0.2, 0) is 9.59 Å². The SMILES string of the molecule is CC(C)N1C(=O)CN(C(=O)COc2cccc(F)c2)c2ccccc21. The molecule has 0 aliphatic carbocycles. The van der Waals surface area contributed by atoms with Crippen molar-refractivity contribution in [2.45, 2.75) is 19.9 Å². The van der Waals surface area contributed by atoms with Gasteiger partial charge < -0.3 is 9.64 Å². The minimum atomic E-state index is -0.434.